The van der Waals surface area contributed by atoms with E-state index in [1.165, 1.54) is 51.4 Å². The van der Waals surface area contributed by atoms with E-state index in [9.17, 15) is 19.5 Å². The highest BCUT2D eigenvalue weighted by Gasteiger charge is 2.53. The molecule has 13 heteroatoms. The van der Waals surface area contributed by atoms with Crippen molar-refractivity contribution in [2.45, 2.75) is 192 Å². The summed E-state index contributed by atoms with van der Waals surface area (Å²) in [4.78, 5) is 53.6. The predicted octanol–water partition coefficient (Wildman–Crippen LogP) is 7.01. The van der Waals surface area contributed by atoms with Crippen LogP contribution in [0.2, 0.25) is 0 Å². The van der Waals surface area contributed by atoms with Crippen molar-refractivity contribution in [3.05, 3.63) is 0 Å². The topological polar surface area (TPSA) is 145 Å². The Morgan fingerprint density at radius 1 is 0.828 bits per heavy atom. The minimum atomic E-state index is -0.759. The minimum absolute atomic E-state index is 0.0410. The molecule has 4 N–H and O–H groups in total. The van der Waals surface area contributed by atoms with Crippen molar-refractivity contribution in [3.8, 4) is 0 Å². The average molecular weight is 901 g/mol. The van der Waals surface area contributed by atoms with E-state index in [0.29, 0.717) is 48.7 Å². The van der Waals surface area contributed by atoms with Crippen molar-refractivity contribution in [1.29, 1.82) is 0 Å². The molecule has 0 spiro atoms. The number of rotatable bonds is 18. The zero-order chi connectivity index (χ0) is 45.9. The Bertz CT molecular complexity index is 1440. The van der Waals surface area contributed by atoms with E-state index in [4.69, 9.17) is 14.3 Å². The zero-order valence-electron chi connectivity index (χ0n) is 41.4. The number of aliphatic hydroxyl groups excluding tert-OH is 1. The van der Waals surface area contributed by atoms with E-state index in [1.807, 2.05) is 19.1 Å². The second-order valence-electron chi connectivity index (χ2n) is 22.4. The summed E-state index contributed by atoms with van der Waals surface area (Å²) in [6.45, 7) is 7.96. The van der Waals surface area contributed by atoms with E-state index in [1.54, 1.807) is 0 Å². The van der Waals surface area contributed by atoms with Gasteiger partial charge in [-0.25, -0.2) is 4.79 Å². The van der Waals surface area contributed by atoms with Gasteiger partial charge in [0.2, 0.25) is 11.8 Å². The lowest BCUT2D eigenvalue weighted by Gasteiger charge is -2.47. The maximum absolute atomic E-state index is 14.8. The van der Waals surface area contributed by atoms with E-state index >= 15 is 0 Å². The van der Waals surface area contributed by atoms with Gasteiger partial charge in [0.25, 0.3) is 0 Å². The number of ether oxygens (including phenoxy) is 2. The number of methoxy groups -OCH3 is 1. The number of nitrogens with one attached hydrogen (secondary N) is 3. The first-order valence-electron chi connectivity index (χ1n) is 26.2. The summed E-state index contributed by atoms with van der Waals surface area (Å²) < 4.78 is 12.6. The largest absolute Gasteiger partial charge is 0.446 e. The molecule has 5 aliphatic carbocycles. The van der Waals surface area contributed by atoms with E-state index in [0.717, 1.165) is 83.6 Å². The van der Waals surface area contributed by atoms with Gasteiger partial charge >= 0.3 is 6.09 Å². The highest BCUT2D eigenvalue weighted by molar-refractivity contribution is 5.83. The zero-order valence-corrected chi connectivity index (χ0v) is 41.4. The molecule has 1 heterocycles. The fraction of sp³-hybridized carbons (Fsp3) is 0.941. The first-order valence-corrected chi connectivity index (χ1v) is 26.2. The summed E-state index contributed by atoms with van der Waals surface area (Å²) in [7, 11) is 10.4. The Labute approximate surface area is 387 Å². The Morgan fingerprint density at radius 3 is 2.17 bits per heavy atom. The van der Waals surface area contributed by atoms with Crippen LogP contribution in [0, 0.1) is 53.3 Å². The van der Waals surface area contributed by atoms with Crippen LogP contribution in [0.15, 0.2) is 0 Å². The third kappa shape index (κ3) is 13.8. The molecule has 6 rings (SSSR count). The standard InChI is InChI=1S/C51H92N6O7/c1-33-17-15-24-44(34(33)2)54-50(60)47-46(35(3)63-51(61)52-29-37-20-13-10-14-21-37)45(32-58)64-57(47)30-38-22-16-23-43(48(38)62-8)39-26-40(28-42(27-39)56(6)7)49(59)53-41(31-55(4)5)25-36-18-11-9-12-19-36/h33-48,58H,9-32H2,1-8H3,(H,52,61)(H,53,59)(H,54,60)/t33-,34-,35-,38?,39?,40?,41-,42?,43?,44-,45-,46+,47-,48?/m0/s1. The lowest BCUT2D eigenvalue weighted by Crippen LogP contribution is -2.56. The molecule has 368 valence electrons. The molecule has 6 unspecified atom stereocenters. The number of aliphatic hydroxyl groups is 1. The monoisotopic (exact) mass is 901 g/mol. The molecule has 6 fully saturated rings. The normalized spacial score (nSPS) is 35.8. The molecule has 0 aromatic heterocycles. The highest BCUT2D eigenvalue weighted by atomic mass is 16.7. The fourth-order valence-electron chi connectivity index (χ4n) is 13.5. The number of carbonyl (C=O) groups is 3. The summed E-state index contributed by atoms with van der Waals surface area (Å²) in [6.07, 6.45) is 20.3. The van der Waals surface area contributed by atoms with Crippen molar-refractivity contribution >= 4 is 17.9 Å². The summed E-state index contributed by atoms with van der Waals surface area (Å²) in [6, 6.07) is -0.268. The highest BCUT2D eigenvalue weighted by Crippen LogP contribution is 2.46. The lowest BCUT2D eigenvalue weighted by molar-refractivity contribution is -0.192. The minimum Gasteiger partial charge on any atom is -0.446 e. The van der Waals surface area contributed by atoms with Gasteiger partial charge in [-0.2, -0.15) is 5.06 Å². The van der Waals surface area contributed by atoms with Gasteiger partial charge in [-0.15, -0.1) is 0 Å². The molecule has 0 aromatic rings. The molecule has 14 atom stereocenters. The Kier molecular flexibility index (Phi) is 19.9. The first-order chi connectivity index (χ1) is 30.8. The van der Waals surface area contributed by atoms with Crippen LogP contribution in [0.4, 0.5) is 4.79 Å². The number of alkyl carbamates (subject to hydrolysis) is 1. The van der Waals surface area contributed by atoms with Gasteiger partial charge in [-0.05, 0) is 128 Å². The predicted molar refractivity (Wildman–Crippen MR) is 252 cm³/mol. The Balaban J connectivity index is 1.18. The van der Waals surface area contributed by atoms with E-state index < -0.39 is 30.3 Å². The van der Waals surface area contributed by atoms with Crippen LogP contribution in [-0.4, -0.2) is 142 Å². The molecule has 0 bridgehead atoms. The van der Waals surface area contributed by atoms with Crippen LogP contribution >= 0.6 is 0 Å². The maximum Gasteiger partial charge on any atom is 0.407 e. The molecule has 1 saturated heterocycles. The number of hydrogen-bond acceptors (Lipinski definition) is 10. The van der Waals surface area contributed by atoms with E-state index in [-0.39, 0.29) is 54.4 Å². The Morgan fingerprint density at radius 2 is 1.52 bits per heavy atom. The molecule has 64 heavy (non-hydrogen) atoms. The molecule has 0 radical (unpaired) electrons. The van der Waals surface area contributed by atoms with Crippen molar-refractivity contribution in [2.24, 2.45) is 53.3 Å². The number of hydrogen-bond donors (Lipinski definition) is 4. The number of hydroxylamine groups is 2. The molecule has 5 saturated carbocycles. The van der Waals surface area contributed by atoms with Crippen molar-refractivity contribution < 1.29 is 33.8 Å². The van der Waals surface area contributed by atoms with Gasteiger partial charge in [-0.3, -0.25) is 14.4 Å². The lowest BCUT2D eigenvalue weighted by atomic mass is 9.65. The second-order valence-corrected chi connectivity index (χ2v) is 22.4. The van der Waals surface area contributed by atoms with Gasteiger partial charge in [0.1, 0.15) is 18.2 Å². The van der Waals surface area contributed by atoms with Gasteiger partial charge in [0.05, 0.1) is 18.6 Å². The van der Waals surface area contributed by atoms with Crippen LogP contribution < -0.4 is 16.0 Å². The number of nitrogens with zero attached hydrogens (tertiary/aromatic N) is 3. The van der Waals surface area contributed by atoms with Crippen LogP contribution in [0.25, 0.3) is 0 Å². The second kappa shape index (κ2) is 24.8. The number of amides is 3. The number of carbonyl (C=O) groups excluding carboxylic acids is 3. The Hall–Kier alpha value is -2.03. The van der Waals surface area contributed by atoms with Crippen LogP contribution in [0.3, 0.4) is 0 Å². The van der Waals surface area contributed by atoms with Crippen molar-refractivity contribution in [2.75, 3.05) is 61.5 Å². The summed E-state index contributed by atoms with van der Waals surface area (Å²) >= 11 is 0. The van der Waals surface area contributed by atoms with E-state index in [2.05, 4.69) is 67.8 Å². The molecule has 13 nitrogen and oxygen atoms in total. The number of likely N-dealkylation sites (N-methyl/N-ethyl adjacent to an activating group) is 1. The first kappa shape index (κ1) is 51.4. The third-order valence-corrected chi connectivity index (χ3v) is 17.3. The van der Waals surface area contributed by atoms with Crippen LogP contribution in [-0.2, 0) is 23.9 Å². The van der Waals surface area contributed by atoms with Crippen LogP contribution in [0.5, 0.6) is 0 Å². The SMILES string of the molecule is COC1C(CN2O[C@@H](CO)[C@@H]([C@H](C)OC(=O)NCC3CCCCC3)[C@H]2C(=O)N[C@H]2CCC[C@H](C)[C@@H]2C)CCCC1C1CC(C(=O)N[C@@H](CC2CCCCC2)CN(C)C)CC(N(C)C)C1. The van der Waals surface area contributed by atoms with Crippen molar-refractivity contribution in [3.63, 3.8) is 0 Å². The van der Waals surface area contributed by atoms with Gasteiger partial charge < -0.3 is 40.3 Å². The van der Waals surface area contributed by atoms with Gasteiger partial charge in [0.15, 0.2) is 0 Å². The van der Waals surface area contributed by atoms with Crippen LogP contribution in [0.1, 0.15) is 149 Å². The summed E-state index contributed by atoms with van der Waals surface area (Å²) in [5.74, 6) is 2.05. The summed E-state index contributed by atoms with van der Waals surface area (Å²) in [5.41, 5.74) is 0. The summed E-state index contributed by atoms with van der Waals surface area (Å²) in [5, 5.41) is 22.7. The molecular weight excluding hydrogens is 809 g/mol. The molecule has 6 aliphatic rings. The average Bonchev–Trinajstić information content (AvgIpc) is 3.65. The smallest absolute Gasteiger partial charge is 0.407 e. The fourth-order valence-corrected chi connectivity index (χ4v) is 13.5. The third-order valence-electron chi connectivity index (χ3n) is 17.3. The molecular formula is C51H92N6O7. The van der Waals surface area contributed by atoms with Gasteiger partial charge in [0, 0.05) is 56.7 Å². The van der Waals surface area contributed by atoms with Gasteiger partial charge in [-0.1, -0.05) is 84.5 Å². The molecule has 3 amide bonds. The maximum atomic E-state index is 14.8. The molecule has 0 aromatic carbocycles. The quantitative estimate of drug-likeness (QED) is 0.113. The van der Waals surface area contributed by atoms with Crippen molar-refractivity contribution in [1.82, 2.24) is 30.8 Å². The molecule has 1 aliphatic heterocycles.